The summed E-state index contributed by atoms with van der Waals surface area (Å²) >= 11 is 19.7. The van der Waals surface area contributed by atoms with Crippen LogP contribution in [-0.4, -0.2) is 35.7 Å². The summed E-state index contributed by atoms with van der Waals surface area (Å²) in [5.74, 6) is 2.63. The van der Waals surface area contributed by atoms with Crippen molar-refractivity contribution in [2.24, 2.45) is 0 Å². The lowest BCUT2D eigenvalue weighted by atomic mass is 9.86. The van der Waals surface area contributed by atoms with E-state index >= 15 is 0 Å². The summed E-state index contributed by atoms with van der Waals surface area (Å²) in [6.45, 7) is 4.95. The van der Waals surface area contributed by atoms with Crippen molar-refractivity contribution in [3.63, 3.8) is 0 Å². The smallest absolute Gasteiger partial charge is 0.231 e. The van der Waals surface area contributed by atoms with Crippen molar-refractivity contribution in [3.05, 3.63) is 59.2 Å². The Kier molecular flexibility index (Phi) is 5.16. The Morgan fingerprint density at radius 1 is 1.23 bits per heavy atom. The van der Waals surface area contributed by atoms with E-state index in [0.717, 1.165) is 40.3 Å². The molecule has 0 bridgehead atoms. The molecule has 0 amide bonds. The summed E-state index contributed by atoms with van der Waals surface area (Å²) in [7, 11) is 1.59. The van der Waals surface area contributed by atoms with Gasteiger partial charge in [0.2, 0.25) is 10.6 Å². The zero-order chi connectivity index (χ0) is 21.8. The van der Waals surface area contributed by atoms with Gasteiger partial charge in [-0.1, -0.05) is 53.5 Å². The average molecular weight is 481 g/mol. The number of hydrogen-bond acceptors (Lipinski definition) is 5. The summed E-state index contributed by atoms with van der Waals surface area (Å²) in [6.07, 6.45) is 4.55. The van der Waals surface area contributed by atoms with Crippen LogP contribution in [0.1, 0.15) is 28.3 Å². The molecule has 0 aromatic heterocycles. The number of halogens is 3. The molecule has 162 valence electrons. The highest BCUT2D eigenvalue weighted by molar-refractivity contribution is 6.68. The Hall–Kier alpha value is -2.21. The molecule has 3 aliphatic rings. The molecule has 3 aliphatic heterocycles. The molecule has 0 spiro atoms. The molecule has 0 radical (unpaired) electrons. The highest BCUT2D eigenvalue weighted by Gasteiger charge is 2.46. The van der Waals surface area contributed by atoms with Gasteiger partial charge in [-0.25, -0.2) is 0 Å². The molecule has 2 aromatic rings. The lowest BCUT2D eigenvalue weighted by Crippen LogP contribution is -2.41. The van der Waals surface area contributed by atoms with Crippen molar-refractivity contribution in [3.8, 4) is 23.0 Å². The predicted molar refractivity (Wildman–Crippen MR) is 123 cm³/mol. The van der Waals surface area contributed by atoms with Crippen LogP contribution in [0.25, 0.3) is 11.8 Å². The molecule has 0 saturated carbocycles. The second-order valence-corrected chi connectivity index (χ2v) is 9.85. The maximum absolute atomic E-state index is 6.58. The van der Waals surface area contributed by atoms with Crippen LogP contribution < -0.4 is 18.9 Å². The fourth-order valence-electron chi connectivity index (χ4n) is 4.47. The third-order valence-corrected chi connectivity index (χ3v) is 6.37. The number of benzene rings is 2. The fourth-order valence-corrected chi connectivity index (χ4v) is 5.15. The van der Waals surface area contributed by atoms with Crippen LogP contribution in [0.15, 0.2) is 36.9 Å². The van der Waals surface area contributed by atoms with Gasteiger partial charge in [0.15, 0.2) is 23.0 Å². The first-order chi connectivity index (χ1) is 14.9. The number of ether oxygens (including phenoxy) is 4. The van der Waals surface area contributed by atoms with E-state index in [-0.39, 0.29) is 6.79 Å². The molecule has 5 rings (SSSR count). The Morgan fingerprint density at radius 3 is 2.71 bits per heavy atom. The van der Waals surface area contributed by atoms with Gasteiger partial charge < -0.3 is 23.8 Å². The average Bonchev–Trinajstić information content (AvgIpc) is 3.20. The van der Waals surface area contributed by atoms with Gasteiger partial charge in [-0.3, -0.25) is 0 Å². The Balaban J connectivity index is 1.73. The number of alkyl halides is 3. The number of fused-ring (bicyclic) bond motifs is 5. The molecular weight excluding hydrogens is 461 g/mol. The van der Waals surface area contributed by atoms with Crippen LogP contribution in [0.4, 0.5) is 0 Å². The minimum Gasteiger partial charge on any atom is -0.493 e. The van der Waals surface area contributed by atoms with E-state index in [2.05, 4.69) is 17.6 Å². The van der Waals surface area contributed by atoms with Gasteiger partial charge in [0.25, 0.3) is 0 Å². The summed E-state index contributed by atoms with van der Waals surface area (Å²) in [5.41, 5.74) is 4.89. The van der Waals surface area contributed by atoms with Crippen LogP contribution in [0.3, 0.4) is 0 Å². The molecule has 1 unspecified atom stereocenters. The van der Waals surface area contributed by atoms with Crippen LogP contribution in [0.2, 0.25) is 0 Å². The van der Waals surface area contributed by atoms with E-state index in [1.54, 1.807) is 13.2 Å². The van der Waals surface area contributed by atoms with E-state index < -0.39 is 9.83 Å². The number of hydrogen-bond donors (Lipinski definition) is 0. The number of rotatable bonds is 4. The van der Waals surface area contributed by atoms with Crippen molar-refractivity contribution in [2.75, 3.05) is 27.1 Å². The monoisotopic (exact) mass is 479 g/mol. The van der Waals surface area contributed by atoms with Gasteiger partial charge in [-0.05, 0) is 41.8 Å². The molecule has 0 fully saturated rings. The van der Waals surface area contributed by atoms with Crippen LogP contribution in [0, 0.1) is 0 Å². The highest BCUT2D eigenvalue weighted by atomic mass is 35.6. The molecule has 8 heteroatoms. The van der Waals surface area contributed by atoms with E-state index in [1.807, 2.05) is 24.3 Å². The first-order valence-electron chi connectivity index (χ1n) is 9.85. The standard InChI is InChI=1S/C23H20Cl3NO4/c1-3-8-29-21-17(28-2)5-4-14-9-16-15-11-19-18(30-12-31-19)10-13(15)6-7-27(16)22(20(14)21)23(24,25)26/h3-5,9-11,22H,1,6-8,12H2,2H3. The summed E-state index contributed by atoms with van der Waals surface area (Å²) < 4.78 is 21.1. The van der Waals surface area contributed by atoms with Gasteiger partial charge in [0.1, 0.15) is 12.6 Å². The molecule has 31 heavy (non-hydrogen) atoms. The number of nitrogens with zero attached hydrogens (tertiary/aromatic N) is 1. The van der Waals surface area contributed by atoms with Gasteiger partial charge in [-0.15, -0.1) is 0 Å². The Bertz CT molecular complexity index is 1090. The lowest BCUT2D eigenvalue weighted by Gasteiger charge is -2.45. The SMILES string of the molecule is C=CCOc1c(OC)ccc2c1C(C(Cl)(Cl)Cl)N1CCc3cc4c(cc3C1=C2)OCO4. The van der Waals surface area contributed by atoms with Gasteiger partial charge >= 0.3 is 0 Å². The Morgan fingerprint density at radius 2 is 2.00 bits per heavy atom. The molecule has 5 nitrogen and oxygen atoms in total. The van der Waals surface area contributed by atoms with Crippen LogP contribution in [-0.2, 0) is 6.42 Å². The summed E-state index contributed by atoms with van der Waals surface area (Å²) in [4.78, 5) is 2.13. The topological polar surface area (TPSA) is 40.2 Å². The van der Waals surface area contributed by atoms with Crippen molar-refractivity contribution in [1.29, 1.82) is 0 Å². The maximum Gasteiger partial charge on any atom is 0.231 e. The minimum absolute atomic E-state index is 0.227. The second kappa shape index (κ2) is 7.73. The predicted octanol–water partition coefficient (Wildman–Crippen LogP) is 5.77. The molecule has 0 aliphatic carbocycles. The third-order valence-electron chi connectivity index (χ3n) is 5.75. The number of methoxy groups -OCH3 is 1. The molecule has 2 aromatic carbocycles. The van der Waals surface area contributed by atoms with Gasteiger partial charge in [-0.2, -0.15) is 0 Å². The van der Waals surface area contributed by atoms with Crippen molar-refractivity contribution in [2.45, 2.75) is 16.3 Å². The van der Waals surface area contributed by atoms with E-state index in [9.17, 15) is 0 Å². The van der Waals surface area contributed by atoms with Crippen molar-refractivity contribution >= 4 is 46.6 Å². The zero-order valence-corrected chi connectivity index (χ0v) is 19.1. The fraction of sp³-hybridized carbons (Fsp3) is 0.304. The molecule has 1 atom stereocenters. The Labute approximate surface area is 195 Å². The van der Waals surface area contributed by atoms with E-state index in [1.165, 1.54) is 5.56 Å². The zero-order valence-electron chi connectivity index (χ0n) is 16.8. The molecular formula is C23H20Cl3NO4. The first-order valence-corrected chi connectivity index (χ1v) is 11.0. The van der Waals surface area contributed by atoms with E-state index in [0.29, 0.717) is 24.7 Å². The quantitative estimate of drug-likeness (QED) is 0.410. The van der Waals surface area contributed by atoms with E-state index in [4.69, 9.17) is 53.8 Å². The van der Waals surface area contributed by atoms with Crippen LogP contribution in [0.5, 0.6) is 23.0 Å². The largest absolute Gasteiger partial charge is 0.493 e. The van der Waals surface area contributed by atoms with Gasteiger partial charge in [0, 0.05) is 23.4 Å². The molecule has 0 saturated heterocycles. The lowest BCUT2D eigenvalue weighted by molar-refractivity contribution is 0.174. The normalized spacial score (nSPS) is 18.5. The third kappa shape index (κ3) is 3.39. The second-order valence-electron chi connectivity index (χ2n) is 7.48. The van der Waals surface area contributed by atoms with Crippen LogP contribution >= 0.6 is 34.8 Å². The highest BCUT2D eigenvalue weighted by Crippen LogP contribution is 2.56. The van der Waals surface area contributed by atoms with Crippen molar-refractivity contribution in [1.82, 2.24) is 4.90 Å². The first kappa shape index (κ1) is 20.7. The summed E-state index contributed by atoms with van der Waals surface area (Å²) in [5, 5.41) is 0. The minimum atomic E-state index is -1.61. The maximum atomic E-state index is 6.58. The summed E-state index contributed by atoms with van der Waals surface area (Å²) in [6, 6.07) is 7.31. The van der Waals surface area contributed by atoms with Gasteiger partial charge in [0.05, 0.1) is 7.11 Å². The molecule has 3 heterocycles. The van der Waals surface area contributed by atoms with Crippen molar-refractivity contribution < 1.29 is 18.9 Å². The molecule has 0 N–H and O–H groups in total.